The smallest absolute Gasteiger partial charge is 0.230 e. The number of amides is 1. The molecule has 2 fully saturated rings. The Kier molecular flexibility index (Phi) is 4.01. The Hall–Kier alpha value is -2.66. The summed E-state index contributed by atoms with van der Waals surface area (Å²) < 4.78 is 5.65. The predicted molar refractivity (Wildman–Crippen MR) is 90.4 cm³/mol. The molecule has 5 heteroatoms. The van der Waals surface area contributed by atoms with Gasteiger partial charge in [-0.2, -0.15) is 0 Å². The summed E-state index contributed by atoms with van der Waals surface area (Å²) >= 11 is 0. The highest BCUT2D eigenvalue weighted by atomic mass is 16.5. The molecule has 4 rings (SSSR count). The molecule has 2 bridgehead atoms. The van der Waals surface area contributed by atoms with Crippen LogP contribution in [-0.4, -0.2) is 24.1 Å². The number of hydrogen-bond donors (Lipinski definition) is 1. The maximum absolute atomic E-state index is 12.8. The van der Waals surface area contributed by atoms with Crippen LogP contribution in [0.15, 0.2) is 54.6 Å². The minimum absolute atomic E-state index is 0.315. The molecule has 0 radical (unpaired) electrons. The Balaban J connectivity index is 1.61. The summed E-state index contributed by atoms with van der Waals surface area (Å²) in [7, 11) is 0. The molecule has 2 aromatic carbocycles. The number of anilines is 1. The second kappa shape index (κ2) is 6.33. The molecule has 2 aliphatic heterocycles. The van der Waals surface area contributed by atoms with E-state index in [1.165, 1.54) is 0 Å². The van der Waals surface area contributed by atoms with Crippen LogP contribution >= 0.6 is 0 Å². The van der Waals surface area contributed by atoms with Gasteiger partial charge in [-0.25, -0.2) is 0 Å². The van der Waals surface area contributed by atoms with E-state index in [4.69, 9.17) is 4.74 Å². The van der Waals surface area contributed by atoms with Crippen LogP contribution in [0.1, 0.15) is 12.8 Å². The lowest BCUT2D eigenvalue weighted by Crippen LogP contribution is -2.46. The van der Waals surface area contributed by atoms with E-state index < -0.39 is 23.9 Å². The highest BCUT2D eigenvalue weighted by Gasteiger charge is 2.52. The summed E-state index contributed by atoms with van der Waals surface area (Å²) in [5.41, 5.74) is 2.54. The molecule has 1 N–H and O–H groups in total. The summed E-state index contributed by atoms with van der Waals surface area (Å²) in [6.07, 6.45) is 0.646. The molecule has 128 valence electrons. The molecule has 0 saturated carbocycles. The number of ether oxygens (including phenoxy) is 1. The number of carboxylic acid groups (broad SMARTS) is 1. The fourth-order valence-electron chi connectivity index (χ4n) is 3.99. The van der Waals surface area contributed by atoms with E-state index in [1.54, 1.807) is 0 Å². The van der Waals surface area contributed by atoms with Gasteiger partial charge in [-0.15, -0.1) is 0 Å². The molecule has 0 aromatic heterocycles. The normalized spacial score (nSPS) is 27.2. The number of benzene rings is 2. The summed E-state index contributed by atoms with van der Waals surface area (Å²) in [6, 6.07) is 17.2. The predicted octanol–water partition coefficient (Wildman–Crippen LogP) is 1.84. The van der Waals surface area contributed by atoms with Crippen molar-refractivity contribution >= 4 is 17.6 Å². The number of para-hydroxylation sites is 1. The average Bonchev–Trinajstić information content (AvgIpc) is 3.24. The van der Waals surface area contributed by atoms with Crippen molar-refractivity contribution in [3.8, 4) is 11.1 Å². The van der Waals surface area contributed by atoms with E-state index in [2.05, 4.69) is 5.32 Å². The van der Waals surface area contributed by atoms with Crippen LogP contribution in [0.25, 0.3) is 11.1 Å². The summed E-state index contributed by atoms with van der Waals surface area (Å²) in [4.78, 5) is 24.3. The molecule has 2 saturated heterocycles. The third kappa shape index (κ3) is 2.81. The first-order valence-corrected chi connectivity index (χ1v) is 8.47. The standard InChI is InChI=1S/C20H19NO4/c22-19(17-15-10-11-16(25-15)18(17)20(23)24)21-14-9-5-4-8-13(14)12-6-2-1-3-7-12/h1-9,15-18H,10-11H2,(H,21,22)(H,23,24)/p-1/t15-,16+,17+,18-/m0/s1. The Morgan fingerprint density at radius 1 is 0.920 bits per heavy atom. The largest absolute Gasteiger partial charge is 0.550 e. The van der Waals surface area contributed by atoms with Crippen LogP contribution in [0, 0.1) is 11.8 Å². The lowest BCUT2D eigenvalue weighted by Gasteiger charge is -2.28. The van der Waals surface area contributed by atoms with Crippen molar-refractivity contribution in [2.75, 3.05) is 5.32 Å². The molecule has 0 unspecified atom stereocenters. The molecule has 25 heavy (non-hydrogen) atoms. The fourth-order valence-corrected chi connectivity index (χ4v) is 3.99. The van der Waals surface area contributed by atoms with E-state index in [-0.39, 0.29) is 12.0 Å². The van der Waals surface area contributed by atoms with Crippen molar-refractivity contribution in [1.82, 2.24) is 0 Å². The van der Waals surface area contributed by atoms with Gasteiger partial charge in [-0.3, -0.25) is 4.79 Å². The van der Waals surface area contributed by atoms with Crippen LogP contribution in [0.5, 0.6) is 0 Å². The number of carbonyl (C=O) groups excluding carboxylic acids is 2. The van der Waals surface area contributed by atoms with Gasteiger partial charge in [-0.05, 0) is 24.5 Å². The monoisotopic (exact) mass is 336 g/mol. The maximum Gasteiger partial charge on any atom is 0.230 e. The second-order valence-corrected chi connectivity index (χ2v) is 6.56. The van der Waals surface area contributed by atoms with Crippen molar-refractivity contribution in [2.24, 2.45) is 11.8 Å². The maximum atomic E-state index is 12.8. The van der Waals surface area contributed by atoms with Crippen LogP contribution in [0.3, 0.4) is 0 Å². The Bertz CT molecular complexity index is 804. The van der Waals surface area contributed by atoms with Crippen molar-refractivity contribution in [3.05, 3.63) is 54.6 Å². The topological polar surface area (TPSA) is 78.5 Å². The summed E-state index contributed by atoms with van der Waals surface area (Å²) in [6.45, 7) is 0. The van der Waals surface area contributed by atoms with Gasteiger partial charge in [0.1, 0.15) is 0 Å². The minimum atomic E-state index is -1.20. The van der Waals surface area contributed by atoms with Crippen LogP contribution in [-0.2, 0) is 14.3 Å². The zero-order chi connectivity index (χ0) is 17.4. The van der Waals surface area contributed by atoms with E-state index in [1.807, 2.05) is 54.6 Å². The van der Waals surface area contributed by atoms with Gasteiger partial charge >= 0.3 is 0 Å². The number of nitrogens with one attached hydrogen (secondary N) is 1. The lowest BCUT2D eigenvalue weighted by molar-refractivity contribution is -0.313. The first-order chi connectivity index (χ1) is 12.1. The molecule has 1 amide bonds. The molecule has 0 spiro atoms. The van der Waals surface area contributed by atoms with Crippen molar-refractivity contribution in [2.45, 2.75) is 25.0 Å². The van der Waals surface area contributed by atoms with E-state index in [9.17, 15) is 14.7 Å². The average molecular weight is 336 g/mol. The Labute approximate surface area is 145 Å². The summed E-state index contributed by atoms with van der Waals surface area (Å²) in [5.74, 6) is -3.09. The zero-order valence-electron chi connectivity index (χ0n) is 13.6. The van der Waals surface area contributed by atoms with Gasteiger partial charge in [0.2, 0.25) is 5.91 Å². The zero-order valence-corrected chi connectivity index (χ0v) is 13.6. The molecule has 4 atom stereocenters. The van der Waals surface area contributed by atoms with Crippen molar-refractivity contribution in [3.63, 3.8) is 0 Å². The number of carbonyl (C=O) groups is 2. The molecular formula is C20H18NO4-. The van der Waals surface area contributed by atoms with E-state index >= 15 is 0 Å². The number of carboxylic acids is 1. The van der Waals surface area contributed by atoms with Gasteiger partial charge in [-0.1, -0.05) is 48.5 Å². The van der Waals surface area contributed by atoms with E-state index in [0.717, 1.165) is 11.1 Å². The van der Waals surface area contributed by atoms with Gasteiger partial charge in [0.25, 0.3) is 0 Å². The minimum Gasteiger partial charge on any atom is -0.550 e. The molecule has 0 aliphatic carbocycles. The fraction of sp³-hybridized carbons (Fsp3) is 0.300. The SMILES string of the molecule is O=C([O-])[C@@H]1[C@H](C(=O)Nc2ccccc2-c2ccccc2)[C@@H]2CC[C@H]1O2. The molecule has 2 aromatic rings. The van der Waals surface area contributed by atoms with Gasteiger partial charge in [0, 0.05) is 23.1 Å². The molecular weight excluding hydrogens is 318 g/mol. The van der Waals surface area contributed by atoms with Crippen molar-refractivity contribution in [1.29, 1.82) is 0 Å². The number of aliphatic carboxylic acids is 1. The van der Waals surface area contributed by atoms with Gasteiger partial charge in [0.15, 0.2) is 0 Å². The van der Waals surface area contributed by atoms with Crippen molar-refractivity contribution < 1.29 is 19.4 Å². The lowest BCUT2D eigenvalue weighted by atomic mass is 9.78. The van der Waals surface area contributed by atoms with E-state index in [0.29, 0.717) is 18.5 Å². The summed E-state index contributed by atoms with van der Waals surface area (Å²) in [5, 5.41) is 14.4. The van der Waals surface area contributed by atoms with Gasteiger partial charge in [0.05, 0.1) is 18.1 Å². The highest BCUT2D eigenvalue weighted by Crippen LogP contribution is 2.44. The van der Waals surface area contributed by atoms with Crippen LogP contribution in [0.2, 0.25) is 0 Å². The Morgan fingerprint density at radius 2 is 1.56 bits per heavy atom. The third-order valence-electron chi connectivity index (χ3n) is 5.12. The molecule has 5 nitrogen and oxygen atoms in total. The van der Waals surface area contributed by atoms with Gasteiger partial charge < -0.3 is 20.0 Å². The number of rotatable bonds is 4. The van der Waals surface area contributed by atoms with Crippen LogP contribution < -0.4 is 10.4 Å². The molecule has 2 aliphatic rings. The second-order valence-electron chi connectivity index (χ2n) is 6.56. The Morgan fingerprint density at radius 3 is 2.28 bits per heavy atom. The first-order valence-electron chi connectivity index (χ1n) is 8.47. The quantitative estimate of drug-likeness (QED) is 0.924. The highest BCUT2D eigenvalue weighted by molar-refractivity contribution is 5.99. The molecule has 2 heterocycles. The third-order valence-corrected chi connectivity index (χ3v) is 5.12. The van der Waals surface area contributed by atoms with Crippen LogP contribution in [0.4, 0.5) is 5.69 Å². The first kappa shape index (κ1) is 15.8. The number of hydrogen-bond acceptors (Lipinski definition) is 4. The number of fused-ring (bicyclic) bond motifs is 2.